The van der Waals surface area contributed by atoms with Gasteiger partial charge < -0.3 is 14.6 Å². The first kappa shape index (κ1) is 19.4. The summed E-state index contributed by atoms with van der Waals surface area (Å²) in [5.74, 6) is 1.67. The fourth-order valence-corrected chi connectivity index (χ4v) is 4.98. The Hall–Kier alpha value is -1.95. The second kappa shape index (κ2) is 8.19. The van der Waals surface area contributed by atoms with Crippen molar-refractivity contribution in [1.29, 1.82) is 0 Å². The highest BCUT2D eigenvalue weighted by molar-refractivity contribution is 5.30. The van der Waals surface area contributed by atoms with Crippen LogP contribution in [0.15, 0.2) is 42.6 Å². The van der Waals surface area contributed by atoms with E-state index >= 15 is 0 Å². The van der Waals surface area contributed by atoms with Crippen molar-refractivity contribution in [2.75, 3.05) is 33.4 Å². The maximum Gasteiger partial charge on any atom is 0.119 e. The van der Waals surface area contributed by atoms with Crippen LogP contribution in [0, 0.1) is 18.8 Å². The molecule has 2 heterocycles. The molecule has 0 spiro atoms. The minimum atomic E-state index is -0.796. The SMILES string of the molecule is COCCOc1cccc(CN2C[C@H]3CC[C@](O)(c4ncccc4C)[C@H]3C2)c1. The topological polar surface area (TPSA) is 54.8 Å². The molecule has 1 saturated carbocycles. The summed E-state index contributed by atoms with van der Waals surface area (Å²) < 4.78 is 10.8. The minimum absolute atomic E-state index is 0.252. The van der Waals surface area contributed by atoms with Crippen LogP contribution in [0.4, 0.5) is 0 Å². The quantitative estimate of drug-likeness (QED) is 0.746. The van der Waals surface area contributed by atoms with Crippen molar-refractivity contribution in [2.24, 2.45) is 11.8 Å². The molecular weight excluding hydrogens is 352 g/mol. The Morgan fingerprint density at radius 3 is 2.93 bits per heavy atom. The number of aliphatic hydroxyl groups is 1. The van der Waals surface area contributed by atoms with Gasteiger partial charge in [0, 0.05) is 38.9 Å². The van der Waals surface area contributed by atoms with Gasteiger partial charge in [0.05, 0.1) is 12.3 Å². The van der Waals surface area contributed by atoms with Crippen molar-refractivity contribution in [1.82, 2.24) is 9.88 Å². The Morgan fingerprint density at radius 1 is 1.21 bits per heavy atom. The van der Waals surface area contributed by atoms with Gasteiger partial charge in [-0.25, -0.2) is 0 Å². The monoisotopic (exact) mass is 382 g/mol. The fourth-order valence-electron chi connectivity index (χ4n) is 4.98. The fraction of sp³-hybridized carbons (Fsp3) is 0.522. The summed E-state index contributed by atoms with van der Waals surface area (Å²) in [5, 5.41) is 11.5. The number of hydrogen-bond acceptors (Lipinski definition) is 5. The van der Waals surface area contributed by atoms with E-state index in [2.05, 4.69) is 35.0 Å². The van der Waals surface area contributed by atoms with Crippen molar-refractivity contribution in [2.45, 2.75) is 31.9 Å². The average molecular weight is 383 g/mol. The standard InChI is InChI=1S/C23H30N2O3/c1-17-5-4-10-24-22(17)23(26)9-8-19-15-25(16-21(19)23)14-18-6-3-7-20(13-18)28-12-11-27-2/h3-7,10,13,19,21,26H,8-9,11-12,14-16H2,1-2H3/t19-,21+,23-/m1/s1. The highest BCUT2D eigenvalue weighted by Gasteiger charge is 2.53. The van der Waals surface area contributed by atoms with Gasteiger partial charge in [0.15, 0.2) is 0 Å². The van der Waals surface area contributed by atoms with Crippen LogP contribution in [0.25, 0.3) is 0 Å². The molecule has 0 amide bonds. The van der Waals surface area contributed by atoms with E-state index < -0.39 is 5.60 Å². The molecule has 2 aliphatic rings. The lowest BCUT2D eigenvalue weighted by atomic mass is 9.83. The second-order valence-electron chi connectivity index (χ2n) is 8.18. The van der Waals surface area contributed by atoms with Gasteiger partial charge in [-0.3, -0.25) is 9.88 Å². The first-order valence-electron chi connectivity index (χ1n) is 10.2. The van der Waals surface area contributed by atoms with Crippen LogP contribution in [0.5, 0.6) is 5.75 Å². The Bertz CT molecular complexity index is 812. The van der Waals surface area contributed by atoms with E-state index in [1.54, 1.807) is 13.3 Å². The Labute approximate surface area is 167 Å². The molecule has 1 aromatic carbocycles. The van der Waals surface area contributed by atoms with E-state index in [4.69, 9.17) is 9.47 Å². The third-order valence-corrected chi connectivity index (χ3v) is 6.31. The second-order valence-corrected chi connectivity index (χ2v) is 8.18. The van der Waals surface area contributed by atoms with Gasteiger partial charge in [0.1, 0.15) is 18.0 Å². The van der Waals surface area contributed by atoms with Crippen molar-refractivity contribution in [3.8, 4) is 5.75 Å². The number of hydrogen-bond donors (Lipinski definition) is 1. The number of fused-ring (bicyclic) bond motifs is 1. The molecular formula is C23H30N2O3. The maximum absolute atomic E-state index is 11.5. The predicted octanol–water partition coefficient (Wildman–Crippen LogP) is 3.14. The van der Waals surface area contributed by atoms with Gasteiger partial charge in [-0.2, -0.15) is 0 Å². The number of pyridine rings is 1. The van der Waals surface area contributed by atoms with Gasteiger partial charge in [-0.05, 0) is 55.0 Å². The Morgan fingerprint density at radius 2 is 2.11 bits per heavy atom. The van der Waals surface area contributed by atoms with Crippen LogP contribution in [-0.4, -0.2) is 48.4 Å². The smallest absolute Gasteiger partial charge is 0.119 e. The zero-order valence-corrected chi connectivity index (χ0v) is 16.8. The van der Waals surface area contributed by atoms with E-state index in [9.17, 15) is 5.11 Å². The van der Waals surface area contributed by atoms with E-state index in [0.717, 1.165) is 49.5 Å². The third-order valence-electron chi connectivity index (χ3n) is 6.31. The number of methoxy groups -OCH3 is 1. The lowest BCUT2D eigenvalue weighted by Gasteiger charge is -2.31. The minimum Gasteiger partial charge on any atom is -0.491 e. The van der Waals surface area contributed by atoms with Crippen LogP contribution in [0.3, 0.4) is 0 Å². The number of ether oxygens (including phenoxy) is 2. The number of nitrogens with zero attached hydrogens (tertiary/aromatic N) is 2. The number of rotatable bonds is 7. The highest BCUT2D eigenvalue weighted by Crippen LogP contribution is 2.50. The summed E-state index contributed by atoms with van der Waals surface area (Å²) in [6, 6.07) is 12.3. The Kier molecular flexibility index (Phi) is 5.67. The summed E-state index contributed by atoms with van der Waals surface area (Å²) >= 11 is 0. The largest absolute Gasteiger partial charge is 0.491 e. The van der Waals surface area contributed by atoms with Gasteiger partial charge in [-0.15, -0.1) is 0 Å². The number of likely N-dealkylation sites (tertiary alicyclic amines) is 1. The summed E-state index contributed by atoms with van der Waals surface area (Å²) in [7, 11) is 1.68. The van der Waals surface area contributed by atoms with Gasteiger partial charge >= 0.3 is 0 Å². The first-order chi connectivity index (χ1) is 13.6. The van der Waals surface area contributed by atoms with E-state index in [1.165, 1.54) is 5.56 Å². The lowest BCUT2D eigenvalue weighted by molar-refractivity contribution is -0.0114. The van der Waals surface area contributed by atoms with Gasteiger partial charge in [0.25, 0.3) is 0 Å². The molecule has 1 aliphatic heterocycles. The summed E-state index contributed by atoms with van der Waals surface area (Å²) in [4.78, 5) is 7.02. The first-order valence-corrected chi connectivity index (χ1v) is 10.2. The third kappa shape index (κ3) is 3.79. The molecule has 2 aromatic rings. The molecule has 1 N–H and O–H groups in total. The molecule has 1 aliphatic carbocycles. The predicted molar refractivity (Wildman–Crippen MR) is 108 cm³/mol. The molecule has 2 fully saturated rings. The molecule has 0 radical (unpaired) electrons. The van der Waals surface area contributed by atoms with Crippen LogP contribution < -0.4 is 4.74 Å². The van der Waals surface area contributed by atoms with Crippen molar-refractivity contribution >= 4 is 0 Å². The number of benzene rings is 1. The lowest BCUT2D eigenvalue weighted by Crippen LogP contribution is -2.36. The highest BCUT2D eigenvalue weighted by atomic mass is 16.5. The van der Waals surface area contributed by atoms with Crippen molar-refractivity contribution in [3.05, 3.63) is 59.4 Å². The van der Waals surface area contributed by atoms with E-state index in [0.29, 0.717) is 19.1 Å². The summed E-state index contributed by atoms with van der Waals surface area (Å²) in [5.41, 5.74) is 2.41. The molecule has 5 heteroatoms. The van der Waals surface area contributed by atoms with Gasteiger partial charge in [-0.1, -0.05) is 18.2 Å². The maximum atomic E-state index is 11.5. The zero-order valence-electron chi connectivity index (χ0n) is 16.8. The van der Waals surface area contributed by atoms with Crippen LogP contribution in [0.2, 0.25) is 0 Å². The number of aromatic nitrogens is 1. The molecule has 1 saturated heterocycles. The molecule has 0 bridgehead atoms. The van der Waals surface area contributed by atoms with E-state index in [1.807, 2.05) is 18.2 Å². The molecule has 150 valence electrons. The number of aryl methyl sites for hydroxylation is 1. The molecule has 5 nitrogen and oxygen atoms in total. The summed E-state index contributed by atoms with van der Waals surface area (Å²) in [6.07, 6.45) is 3.68. The molecule has 0 unspecified atom stereocenters. The average Bonchev–Trinajstić information content (AvgIpc) is 3.23. The van der Waals surface area contributed by atoms with Crippen LogP contribution in [0.1, 0.15) is 29.7 Å². The van der Waals surface area contributed by atoms with Crippen molar-refractivity contribution < 1.29 is 14.6 Å². The zero-order chi connectivity index (χ0) is 19.6. The molecule has 4 rings (SSSR count). The normalized spacial score (nSPS) is 27.1. The molecule has 1 aromatic heterocycles. The molecule has 28 heavy (non-hydrogen) atoms. The van der Waals surface area contributed by atoms with Crippen LogP contribution in [-0.2, 0) is 16.9 Å². The Balaban J connectivity index is 1.43. The summed E-state index contributed by atoms with van der Waals surface area (Å²) in [6.45, 7) is 6.02. The van der Waals surface area contributed by atoms with Crippen LogP contribution >= 0.6 is 0 Å². The molecule has 3 atom stereocenters. The van der Waals surface area contributed by atoms with Crippen molar-refractivity contribution in [3.63, 3.8) is 0 Å². The van der Waals surface area contributed by atoms with E-state index in [-0.39, 0.29) is 5.92 Å². The van der Waals surface area contributed by atoms with Gasteiger partial charge in [0.2, 0.25) is 0 Å².